The van der Waals surface area contributed by atoms with Crippen LogP contribution in [0.3, 0.4) is 0 Å². The van der Waals surface area contributed by atoms with Crippen molar-refractivity contribution in [1.82, 2.24) is 19.8 Å². The number of aryl methyl sites for hydroxylation is 2. The summed E-state index contributed by atoms with van der Waals surface area (Å²) in [7, 11) is 0. The van der Waals surface area contributed by atoms with Crippen molar-refractivity contribution in [3.8, 4) is 0 Å². The Kier molecular flexibility index (Phi) is 3.29. The van der Waals surface area contributed by atoms with E-state index >= 15 is 0 Å². The van der Waals surface area contributed by atoms with Gasteiger partial charge in [0.25, 0.3) is 0 Å². The lowest BCUT2D eigenvalue weighted by Gasteiger charge is -2.22. The molecule has 1 saturated heterocycles. The van der Waals surface area contributed by atoms with Gasteiger partial charge in [-0.1, -0.05) is 24.3 Å². The van der Waals surface area contributed by atoms with Crippen LogP contribution in [0.5, 0.6) is 0 Å². The van der Waals surface area contributed by atoms with E-state index in [4.69, 9.17) is 5.10 Å². The fourth-order valence-corrected chi connectivity index (χ4v) is 3.66. The molecule has 5 heteroatoms. The lowest BCUT2D eigenvalue weighted by molar-refractivity contribution is 0.690. The third kappa shape index (κ3) is 2.36. The topological polar surface area (TPSA) is 46.3 Å². The van der Waals surface area contributed by atoms with Crippen LogP contribution < -0.4 is 4.90 Å². The third-order valence-electron chi connectivity index (χ3n) is 4.90. The Morgan fingerprint density at radius 3 is 2.70 bits per heavy atom. The van der Waals surface area contributed by atoms with Gasteiger partial charge >= 0.3 is 0 Å². The first-order valence-electron chi connectivity index (χ1n) is 8.14. The first-order chi connectivity index (χ1) is 11.1. The molecule has 1 aliphatic rings. The maximum Gasteiger partial charge on any atom is 0.178 e. The molecule has 0 unspecified atom stereocenters. The van der Waals surface area contributed by atoms with E-state index in [1.807, 2.05) is 17.5 Å². The molecule has 5 nitrogen and oxygen atoms in total. The minimum Gasteiger partial charge on any atom is -0.352 e. The van der Waals surface area contributed by atoms with Gasteiger partial charge in [-0.05, 0) is 50.5 Å². The quantitative estimate of drug-likeness (QED) is 0.730. The highest BCUT2D eigenvalue weighted by atomic mass is 15.4. The van der Waals surface area contributed by atoms with Crippen molar-refractivity contribution in [2.24, 2.45) is 0 Å². The number of benzene rings is 1. The summed E-state index contributed by atoms with van der Waals surface area (Å²) in [5.41, 5.74) is 3.64. The van der Waals surface area contributed by atoms with Gasteiger partial charge in [0, 0.05) is 18.5 Å². The molecule has 2 aromatic heterocycles. The molecule has 3 aromatic rings. The second kappa shape index (κ2) is 5.33. The standard InChI is InChI=1S/C18H21N5/c1-12-6-4-5-7-16(12)15-10-13(2)22(11-15)18-9-8-17-20-19-14(3)23(17)21-18/h4-9,13,15H,10-11H2,1-3H3/t13-,15-/m0/s1. The number of fused-ring (bicyclic) bond motifs is 1. The van der Waals surface area contributed by atoms with Gasteiger partial charge in [0.2, 0.25) is 0 Å². The average molecular weight is 307 g/mol. The van der Waals surface area contributed by atoms with Gasteiger partial charge in [0.05, 0.1) is 0 Å². The molecule has 0 radical (unpaired) electrons. The molecule has 23 heavy (non-hydrogen) atoms. The van der Waals surface area contributed by atoms with E-state index in [0.29, 0.717) is 12.0 Å². The monoisotopic (exact) mass is 307 g/mol. The number of hydrogen-bond donors (Lipinski definition) is 0. The van der Waals surface area contributed by atoms with Crippen LogP contribution in [-0.2, 0) is 0 Å². The predicted molar refractivity (Wildman–Crippen MR) is 90.9 cm³/mol. The summed E-state index contributed by atoms with van der Waals surface area (Å²) in [5.74, 6) is 2.39. The van der Waals surface area contributed by atoms with Gasteiger partial charge in [-0.2, -0.15) is 4.52 Å². The summed E-state index contributed by atoms with van der Waals surface area (Å²) >= 11 is 0. The molecule has 3 heterocycles. The van der Waals surface area contributed by atoms with Crippen LogP contribution in [0.2, 0.25) is 0 Å². The van der Waals surface area contributed by atoms with Crippen molar-refractivity contribution in [2.75, 3.05) is 11.4 Å². The SMILES string of the molecule is Cc1ccccc1[C@H]1C[C@H](C)N(c2ccc3nnc(C)n3n2)C1. The van der Waals surface area contributed by atoms with Gasteiger partial charge in [-0.25, -0.2) is 0 Å². The predicted octanol–water partition coefficient (Wildman–Crippen LogP) is 3.12. The molecule has 0 amide bonds. The second-order valence-corrected chi connectivity index (χ2v) is 6.50. The van der Waals surface area contributed by atoms with Crippen molar-refractivity contribution < 1.29 is 0 Å². The van der Waals surface area contributed by atoms with Crippen LogP contribution >= 0.6 is 0 Å². The zero-order chi connectivity index (χ0) is 16.0. The molecule has 1 aliphatic heterocycles. The summed E-state index contributed by atoms with van der Waals surface area (Å²) in [6.07, 6.45) is 1.16. The van der Waals surface area contributed by atoms with Crippen molar-refractivity contribution >= 4 is 11.5 Å². The van der Waals surface area contributed by atoms with Crippen molar-refractivity contribution in [3.63, 3.8) is 0 Å². The third-order valence-corrected chi connectivity index (χ3v) is 4.90. The normalized spacial score (nSPS) is 21.3. The zero-order valence-corrected chi connectivity index (χ0v) is 13.8. The van der Waals surface area contributed by atoms with E-state index < -0.39 is 0 Å². The number of rotatable bonds is 2. The van der Waals surface area contributed by atoms with Crippen molar-refractivity contribution in [2.45, 2.75) is 39.2 Å². The van der Waals surface area contributed by atoms with E-state index in [1.54, 1.807) is 0 Å². The highest BCUT2D eigenvalue weighted by Crippen LogP contribution is 2.35. The summed E-state index contributed by atoms with van der Waals surface area (Å²) in [5, 5.41) is 12.9. The number of anilines is 1. The summed E-state index contributed by atoms with van der Waals surface area (Å²) in [6.45, 7) is 7.42. The molecule has 118 valence electrons. The summed E-state index contributed by atoms with van der Waals surface area (Å²) in [4.78, 5) is 2.40. The minimum atomic E-state index is 0.473. The highest BCUT2D eigenvalue weighted by Gasteiger charge is 2.31. The van der Waals surface area contributed by atoms with Crippen molar-refractivity contribution in [3.05, 3.63) is 53.3 Å². The van der Waals surface area contributed by atoms with Crippen LogP contribution in [0.25, 0.3) is 5.65 Å². The lowest BCUT2D eigenvalue weighted by atomic mass is 9.93. The van der Waals surface area contributed by atoms with E-state index in [1.165, 1.54) is 11.1 Å². The Labute approximate surface area is 136 Å². The smallest absolute Gasteiger partial charge is 0.178 e. The maximum atomic E-state index is 4.74. The Bertz CT molecular complexity index is 853. The molecule has 0 spiro atoms. The Hall–Kier alpha value is -2.43. The van der Waals surface area contributed by atoms with Crippen LogP contribution in [0.1, 0.15) is 36.2 Å². The Balaban J connectivity index is 1.66. The van der Waals surface area contributed by atoms with Crippen molar-refractivity contribution in [1.29, 1.82) is 0 Å². The molecule has 4 rings (SSSR count). The van der Waals surface area contributed by atoms with E-state index in [9.17, 15) is 0 Å². The molecule has 1 fully saturated rings. The molecular weight excluding hydrogens is 286 g/mol. The fraction of sp³-hybridized carbons (Fsp3) is 0.389. The molecule has 0 saturated carbocycles. The van der Waals surface area contributed by atoms with Gasteiger partial charge in [-0.3, -0.25) is 0 Å². The van der Waals surface area contributed by atoms with Gasteiger partial charge in [0.1, 0.15) is 5.82 Å². The molecular formula is C18H21N5. The van der Waals surface area contributed by atoms with E-state index in [-0.39, 0.29) is 0 Å². The van der Waals surface area contributed by atoms with Gasteiger partial charge < -0.3 is 4.90 Å². The molecule has 0 aliphatic carbocycles. The molecule has 1 aromatic carbocycles. The second-order valence-electron chi connectivity index (χ2n) is 6.50. The number of hydrogen-bond acceptors (Lipinski definition) is 4. The van der Waals surface area contributed by atoms with Gasteiger partial charge in [-0.15, -0.1) is 15.3 Å². The van der Waals surface area contributed by atoms with E-state index in [2.05, 4.69) is 59.3 Å². The first-order valence-corrected chi connectivity index (χ1v) is 8.14. The fourth-order valence-electron chi connectivity index (χ4n) is 3.66. The number of aromatic nitrogens is 4. The average Bonchev–Trinajstić information content (AvgIpc) is 3.11. The lowest BCUT2D eigenvalue weighted by Crippen LogP contribution is -2.28. The first kappa shape index (κ1) is 14.2. The largest absolute Gasteiger partial charge is 0.352 e. The summed E-state index contributed by atoms with van der Waals surface area (Å²) < 4.78 is 1.82. The van der Waals surface area contributed by atoms with Crippen LogP contribution in [0.15, 0.2) is 36.4 Å². The van der Waals surface area contributed by atoms with Crippen LogP contribution in [0, 0.1) is 13.8 Å². The van der Waals surface area contributed by atoms with E-state index in [0.717, 1.165) is 30.3 Å². The maximum absolute atomic E-state index is 4.74. The summed E-state index contributed by atoms with van der Waals surface area (Å²) in [6, 6.07) is 13.2. The minimum absolute atomic E-state index is 0.473. The molecule has 0 N–H and O–H groups in total. The number of nitrogens with zero attached hydrogens (tertiary/aromatic N) is 5. The Morgan fingerprint density at radius 1 is 1.04 bits per heavy atom. The highest BCUT2D eigenvalue weighted by molar-refractivity contribution is 5.48. The Morgan fingerprint density at radius 2 is 1.87 bits per heavy atom. The van der Waals surface area contributed by atoms with Crippen LogP contribution in [-0.4, -0.2) is 32.4 Å². The van der Waals surface area contributed by atoms with Crippen LogP contribution in [0.4, 0.5) is 5.82 Å². The molecule has 2 atom stereocenters. The van der Waals surface area contributed by atoms with Gasteiger partial charge in [0.15, 0.2) is 11.5 Å². The molecule has 0 bridgehead atoms. The zero-order valence-electron chi connectivity index (χ0n) is 13.8.